The van der Waals surface area contributed by atoms with E-state index < -0.39 is 12.1 Å². The van der Waals surface area contributed by atoms with Crippen LogP contribution in [0, 0.1) is 5.92 Å². The molecule has 1 aliphatic rings. The van der Waals surface area contributed by atoms with E-state index in [9.17, 15) is 9.59 Å². The Morgan fingerprint density at radius 3 is 2.37 bits per heavy atom. The number of nitrogens with zero attached hydrogens (tertiary/aromatic N) is 1. The van der Waals surface area contributed by atoms with Crippen molar-refractivity contribution >= 4 is 23.5 Å². The van der Waals surface area contributed by atoms with Crippen molar-refractivity contribution in [3.63, 3.8) is 0 Å². The Bertz CT molecular complexity index is 709. The number of nitrogens with two attached hydrogens (primary N) is 3. The SMILES string of the molecule is CCNC(=O)[C@H](CCC1CCCCC1)NC(=O)[C@@H](N)Cc1ccc(N=C(N)N)cc1. The van der Waals surface area contributed by atoms with E-state index in [1.54, 1.807) is 12.1 Å². The molecular weight excluding hydrogens is 380 g/mol. The lowest BCUT2D eigenvalue weighted by Gasteiger charge is -2.25. The zero-order valence-electron chi connectivity index (χ0n) is 17.9. The molecule has 1 aromatic rings. The van der Waals surface area contributed by atoms with Gasteiger partial charge in [0.15, 0.2) is 5.96 Å². The van der Waals surface area contributed by atoms with Gasteiger partial charge in [-0.1, -0.05) is 44.2 Å². The van der Waals surface area contributed by atoms with Gasteiger partial charge in [-0.05, 0) is 49.8 Å². The van der Waals surface area contributed by atoms with Crippen LogP contribution in [0.15, 0.2) is 29.3 Å². The molecule has 0 radical (unpaired) electrons. The van der Waals surface area contributed by atoms with Gasteiger partial charge >= 0.3 is 0 Å². The first-order valence-corrected chi connectivity index (χ1v) is 10.9. The number of guanidine groups is 1. The Balaban J connectivity index is 1.91. The molecule has 0 unspecified atom stereocenters. The van der Waals surface area contributed by atoms with Crippen LogP contribution in [-0.4, -0.2) is 36.4 Å². The lowest BCUT2D eigenvalue weighted by Crippen LogP contribution is -2.52. The van der Waals surface area contributed by atoms with Gasteiger partial charge in [-0.15, -0.1) is 0 Å². The topological polar surface area (TPSA) is 149 Å². The summed E-state index contributed by atoms with van der Waals surface area (Å²) in [4.78, 5) is 29.1. The average Bonchev–Trinajstić information content (AvgIpc) is 2.72. The van der Waals surface area contributed by atoms with Crippen LogP contribution >= 0.6 is 0 Å². The molecule has 0 heterocycles. The van der Waals surface area contributed by atoms with Crippen LogP contribution in [0.1, 0.15) is 57.4 Å². The van der Waals surface area contributed by atoms with E-state index in [0.717, 1.165) is 12.0 Å². The van der Waals surface area contributed by atoms with E-state index in [-0.39, 0.29) is 17.8 Å². The highest BCUT2D eigenvalue weighted by atomic mass is 16.2. The monoisotopic (exact) mass is 416 g/mol. The second kappa shape index (κ2) is 12.2. The van der Waals surface area contributed by atoms with Crippen molar-refractivity contribution < 1.29 is 9.59 Å². The number of amides is 2. The third-order valence-corrected chi connectivity index (χ3v) is 5.56. The summed E-state index contributed by atoms with van der Waals surface area (Å²) < 4.78 is 0. The minimum atomic E-state index is -0.745. The Labute approximate surface area is 179 Å². The molecule has 0 aromatic heterocycles. The first-order chi connectivity index (χ1) is 14.4. The number of benzene rings is 1. The number of rotatable bonds is 10. The van der Waals surface area contributed by atoms with Gasteiger partial charge in [0.25, 0.3) is 0 Å². The van der Waals surface area contributed by atoms with Gasteiger partial charge in [0.1, 0.15) is 6.04 Å². The van der Waals surface area contributed by atoms with Crippen LogP contribution in [0.5, 0.6) is 0 Å². The largest absolute Gasteiger partial charge is 0.370 e. The number of hydrogen-bond acceptors (Lipinski definition) is 4. The van der Waals surface area contributed by atoms with Gasteiger partial charge in [-0.2, -0.15) is 0 Å². The van der Waals surface area contributed by atoms with Crippen molar-refractivity contribution in [1.29, 1.82) is 0 Å². The molecule has 1 aliphatic carbocycles. The summed E-state index contributed by atoms with van der Waals surface area (Å²) in [6.45, 7) is 2.40. The third-order valence-electron chi connectivity index (χ3n) is 5.56. The van der Waals surface area contributed by atoms with Crippen molar-refractivity contribution in [3.05, 3.63) is 29.8 Å². The minimum absolute atomic E-state index is 0.0107. The van der Waals surface area contributed by atoms with Crippen molar-refractivity contribution in [3.8, 4) is 0 Å². The van der Waals surface area contributed by atoms with Crippen molar-refractivity contribution in [2.45, 2.75) is 70.4 Å². The van der Waals surface area contributed by atoms with Gasteiger partial charge in [-0.25, -0.2) is 4.99 Å². The Morgan fingerprint density at radius 2 is 1.77 bits per heavy atom. The van der Waals surface area contributed by atoms with Gasteiger partial charge in [0.2, 0.25) is 11.8 Å². The van der Waals surface area contributed by atoms with Crippen LogP contribution < -0.4 is 27.8 Å². The molecule has 0 saturated heterocycles. The first-order valence-electron chi connectivity index (χ1n) is 10.9. The van der Waals surface area contributed by atoms with Gasteiger partial charge in [0.05, 0.1) is 11.7 Å². The standard InChI is InChI=1S/C22H36N6O2/c1-2-26-21(30)19(13-10-15-6-4-3-5-7-15)28-20(29)18(23)14-16-8-11-17(12-9-16)27-22(24)25/h8-9,11-12,15,18-19H,2-7,10,13-14,23H2,1H3,(H,26,30)(H,28,29)(H4,24,25,27)/t18-,19-/m0/s1. The summed E-state index contributed by atoms with van der Waals surface area (Å²) in [7, 11) is 0. The lowest BCUT2D eigenvalue weighted by molar-refractivity contribution is -0.129. The Kier molecular flexibility index (Phi) is 9.60. The highest BCUT2D eigenvalue weighted by Crippen LogP contribution is 2.27. The van der Waals surface area contributed by atoms with Crippen LogP contribution in [-0.2, 0) is 16.0 Å². The fourth-order valence-corrected chi connectivity index (χ4v) is 3.93. The molecule has 0 spiro atoms. The molecule has 2 atom stereocenters. The normalized spacial score (nSPS) is 16.3. The molecule has 2 rings (SSSR count). The van der Waals surface area contributed by atoms with Gasteiger partial charge < -0.3 is 27.8 Å². The van der Waals surface area contributed by atoms with E-state index in [0.29, 0.717) is 31.0 Å². The van der Waals surface area contributed by atoms with Crippen LogP contribution in [0.2, 0.25) is 0 Å². The molecule has 1 saturated carbocycles. The molecule has 0 aliphatic heterocycles. The van der Waals surface area contributed by atoms with Crippen molar-refractivity contribution in [1.82, 2.24) is 10.6 Å². The second-order valence-electron chi connectivity index (χ2n) is 8.05. The number of carbonyl (C=O) groups excluding carboxylic acids is 2. The van der Waals surface area contributed by atoms with E-state index in [1.807, 2.05) is 19.1 Å². The van der Waals surface area contributed by atoms with Crippen LogP contribution in [0.3, 0.4) is 0 Å². The van der Waals surface area contributed by atoms with E-state index in [1.165, 1.54) is 32.1 Å². The number of hydrogen-bond donors (Lipinski definition) is 5. The molecule has 8 heteroatoms. The maximum atomic E-state index is 12.7. The molecule has 0 bridgehead atoms. The molecule has 8 nitrogen and oxygen atoms in total. The Morgan fingerprint density at radius 1 is 1.10 bits per heavy atom. The summed E-state index contributed by atoms with van der Waals surface area (Å²) in [5.41, 5.74) is 18.4. The fourth-order valence-electron chi connectivity index (χ4n) is 3.93. The van der Waals surface area contributed by atoms with Crippen molar-refractivity contribution in [2.24, 2.45) is 28.1 Å². The summed E-state index contributed by atoms with van der Waals surface area (Å²) in [5.74, 6) is 0.173. The van der Waals surface area contributed by atoms with Crippen molar-refractivity contribution in [2.75, 3.05) is 6.54 Å². The molecule has 1 aromatic carbocycles. The molecule has 8 N–H and O–H groups in total. The zero-order valence-corrected chi connectivity index (χ0v) is 17.9. The van der Waals surface area contributed by atoms with E-state index in [2.05, 4.69) is 15.6 Å². The molecule has 30 heavy (non-hydrogen) atoms. The summed E-state index contributed by atoms with van der Waals surface area (Å²) >= 11 is 0. The number of nitrogens with one attached hydrogen (secondary N) is 2. The number of likely N-dealkylation sites (N-methyl/N-ethyl adjacent to an activating group) is 1. The van der Waals surface area contributed by atoms with E-state index in [4.69, 9.17) is 17.2 Å². The molecule has 1 fully saturated rings. The lowest BCUT2D eigenvalue weighted by atomic mass is 9.85. The van der Waals surface area contributed by atoms with Gasteiger partial charge in [-0.3, -0.25) is 9.59 Å². The third kappa shape index (κ3) is 8.02. The maximum absolute atomic E-state index is 12.7. The quantitative estimate of drug-likeness (QED) is 0.289. The first kappa shape index (κ1) is 23.7. The smallest absolute Gasteiger partial charge is 0.242 e. The molecule has 166 valence electrons. The minimum Gasteiger partial charge on any atom is -0.370 e. The molecule has 2 amide bonds. The molecular formula is C22H36N6O2. The van der Waals surface area contributed by atoms with Crippen LogP contribution in [0.4, 0.5) is 5.69 Å². The number of carbonyl (C=O) groups is 2. The summed E-state index contributed by atoms with van der Waals surface area (Å²) in [6.07, 6.45) is 8.20. The number of aliphatic imine (C=N–C) groups is 1. The highest BCUT2D eigenvalue weighted by Gasteiger charge is 2.25. The van der Waals surface area contributed by atoms with E-state index >= 15 is 0 Å². The van der Waals surface area contributed by atoms with Crippen LogP contribution in [0.25, 0.3) is 0 Å². The second-order valence-corrected chi connectivity index (χ2v) is 8.05. The zero-order chi connectivity index (χ0) is 21.9. The maximum Gasteiger partial charge on any atom is 0.242 e. The Hall–Kier alpha value is -2.61. The summed E-state index contributed by atoms with van der Waals surface area (Å²) in [5, 5.41) is 5.69. The summed E-state index contributed by atoms with van der Waals surface area (Å²) in [6, 6.07) is 5.90. The average molecular weight is 417 g/mol. The predicted molar refractivity (Wildman–Crippen MR) is 120 cm³/mol. The highest BCUT2D eigenvalue weighted by molar-refractivity contribution is 5.89. The fraction of sp³-hybridized carbons (Fsp3) is 0.591. The predicted octanol–water partition coefficient (Wildman–Crippen LogP) is 1.44. The van der Waals surface area contributed by atoms with Gasteiger partial charge in [0, 0.05) is 6.54 Å².